The molecule has 9 heteroatoms. The number of sulfonamides is 1. The Morgan fingerprint density at radius 2 is 2.17 bits per heavy atom. The Balaban J connectivity index is 2.49. The minimum atomic E-state index is -3.53. The molecule has 0 bridgehead atoms. The van der Waals surface area contributed by atoms with Crippen LogP contribution < -0.4 is 4.72 Å². The highest BCUT2D eigenvalue weighted by atomic mass is 79.9. The van der Waals surface area contributed by atoms with Gasteiger partial charge in [0.1, 0.15) is 4.60 Å². The molecule has 18 heavy (non-hydrogen) atoms. The van der Waals surface area contributed by atoms with Crippen molar-refractivity contribution in [3.63, 3.8) is 0 Å². The van der Waals surface area contributed by atoms with E-state index in [0.29, 0.717) is 4.60 Å². The fraction of sp³-hybridized carbons (Fsp3) is 0.444. The van der Waals surface area contributed by atoms with Crippen LogP contribution in [0.15, 0.2) is 17.0 Å². The largest absolute Gasteiger partial charge is 0.469 e. The van der Waals surface area contributed by atoms with Crippen LogP contribution in [0.2, 0.25) is 0 Å². The zero-order valence-electron chi connectivity index (χ0n) is 9.59. The molecule has 0 aliphatic rings. The van der Waals surface area contributed by atoms with Gasteiger partial charge in [-0.25, -0.2) is 18.4 Å². The van der Waals surface area contributed by atoms with Crippen molar-refractivity contribution in [2.24, 2.45) is 0 Å². The Bertz CT molecular complexity index is 503. The van der Waals surface area contributed by atoms with E-state index in [9.17, 15) is 13.2 Å². The van der Waals surface area contributed by atoms with Gasteiger partial charge in [-0.1, -0.05) is 0 Å². The van der Waals surface area contributed by atoms with Crippen LogP contribution in [0.1, 0.15) is 12.8 Å². The smallest absolute Gasteiger partial charge is 0.305 e. The van der Waals surface area contributed by atoms with Crippen LogP contribution in [0.3, 0.4) is 0 Å². The van der Waals surface area contributed by atoms with E-state index in [1.807, 2.05) is 0 Å². The molecule has 1 aromatic heterocycles. The van der Waals surface area contributed by atoms with Crippen molar-refractivity contribution >= 4 is 37.7 Å². The topological polar surface area (TPSA) is 98.2 Å². The first kappa shape index (κ1) is 14.8. The molecule has 1 aromatic rings. The molecule has 1 heterocycles. The Morgan fingerprint density at radius 3 is 2.72 bits per heavy atom. The maximum Gasteiger partial charge on any atom is 0.305 e. The molecule has 0 aliphatic heterocycles. The standard InChI is InChI=1S/C9H12BrN3O4S/c1-17-9(14)3-2-4-18(15,16)13-8-6-11-7(10)5-12-8/h5-6H,2-4H2,1H3,(H,12,13). The third-order valence-corrected chi connectivity index (χ3v) is 3.66. The van der Waals surface area contributed by atoms with Gasteiger partial charge in [0, 0.05) is 6.42 Å². The van der Waals surface area contributed by atoms with Crippen molar-refractivity contribution in [1.82, 2.24) is 9.97 Å². The number of ether oxygens (including phenoxy) is 1. The molecule has 0 spiro atoms. The first-order valence-electron chi connectivity index (χ1n) is 4.98. The SMILES string of the molecule is COC(=O)CCCS(=O)(=O)Nc1cnc(Br)cn1. The predicted octanol–water partition coefficient (Wildman–Crippen LogP) is 0.934. The minimum absolute atomic E-state index is 0.0590. The fourth-order valence-electron chi connectivity index (χ4n) is 1.08. The summed E-state index contributed by atoms with van der Waals surface area (Å²) in [6.45, 7) is 0. The number of halogens is 1. The van der Waals surface area contributed by atoms with Crippen LogP contribution in [-0.2, 0) is 19.6 Å². The molecule has 0 saturated heterocycles. The number of anilines is 1. The van der Waals surface area contributed by atoms with E-state index < -0.39 is 16.0 Å². The molecule has 0 unspecified atom stereocenters. The first-order chi connectivity index (χ1) is 8.43. The monoisotopic (exact) mass is 337 g/mol. The van der Waals surface area contributed by atoms with E-state index in [0.717, 1.165) is 0 Å². The third-order valence-electron chi connectivity index (χ3n) is 1.90. The summed E-state index contributed by atoms with van der Waals surface area (Å²) >= 11 is 3.09. The highest BCUT2D eigenvalue weighted by Crippen LogP contribution is 2.08. The van der Waals surface area contributed by atoms with Crippen LogP contribution in [-0.4, -0.2) is 37.2 Å². The average molecular weight is 338 g/mol. The zero-order chi connectivity index (χ0) is 13.6. The van der Waals surface area contributed by atoms with Crippen LogP contribution in [0.25, 0.3) is 0 Å². The highest BCUT2D eigenvalue weighted by molar-refractivity contribution is 9.10. The second-order valence-corrected chi connectivity index (χ2v) is 5.98. The van der Waals surface area contributed by atoms with E-state index in [4.69, 9.17) is 0 Å². The van der Waals surface area contributed by atoms with Crippen molar-refractivity contribution < 1.29 is 17.9 Å². The summed E-state index contributed by atoms with van der Waals surface area (Å²) in [6, 6.07) is 0. The Kier molecular flexibility index (Phi) is 5.48. The summed E-state index contributed by atoms with van der Waals surface area (Å²) in [6.07, 6.45) is 2.92. The molecule has 0 fully saturated rings. The van der Waals surface area contributed by atoms with Gasteiger partial charge in [-0.2, -0.15) is 0 Å². The van der Waals surface area contributed by atoms with E-state index in [2.05, 4.69) is 35.4 Å². The Hall–Kier alpha value is -1.22. The molecule has 0 saturated carbocycles. The highest BCUT2D eigenvalue weighted by Gasteiger charge is 2.12. The van der Waals surface area contributed by atoms with E-state index >= 15 is 0 Å². The second-order valence-electron chi connectivity index (χ2n) is 3.32. The Morgan fingerprint density at radius 1 is 1.44 bits per heavy atom. The summed E-state index contributed by atoms with van der Waals surface area (Å²) < 4.78 is 30.4. The number of aromatic nitrogens is 2. The molecule has 0 atom stereocenters. The Labute approximate surface area is 113 Å². The minimum Gasteiger partial charge on any atom is -0.469 e. The van der Waals surface area contributed by atoms with Gasteiger partial charge in [-0.3, -0.25) is 9.52 Å². The van der Waals surface area contributed by atoms with Gasteiger partial charge in [0.25, 0.3) is 0 Å². The lowest BCUT2D eigenvalue weighted by atomic mass is 10.3. The van der Waals surface area contributed by atoms with Crippen molar-refractivity contribution in [2.75, 3.05) is 17.6 Å². The van der Waals surface area contributed by atoms with Gasteiger partial charge in [0.15, 0.2) is 5.82 Å². The summed E-state index contributed by atoms with van der Waals surface area (Å²) in [7, 11) is -2.27. The van der Waals surface area contributed by atoms with E-state index in [-0.39, 0.29) is 24.4 Å². The molecule has 0 radical (unpaired) electrons. The van der Waals surface area contributed by atoms with E-state index in [1.54, 1.807) is 0 Å². The van der Waals surface area contributed by atoms with Gasteiger partial charge < -0.3 is 4.74 Å². The molecule has 1 rings (SSSR count). The average Bonchev–Trinajstić information content (AvgIpc) is 2.31. The summed E-state index contributed by atoms with van der Waals surface area (Å²) in [5.41, 5.74) is 0. The van der Waals surface area contributed by atoms with Crippen LogP contribution in [0.4, 0.5) is 5.82 Å². The number of nitrogens with zero attached hydrogens (tertiary/aromatic N) is 2. The van der Waals surface area contributed by atoms with Crippen molar-refractivity contribution in [2.45, 2.75) is 12.8 Å². The van der Waals surface area contributed by atoms with E-state index in [1.165, 1.54) is 19.5 Å². The van der Waals surface area contributed by atoms with Gasteiger partial charge in [-0.05, 0) is 22.4 Å². The molecule has 7 nitrogen and oxygen atoms in total. The summed E-state index contributed by atoms with van der Waals surface area (Å²) in [5, 5.41) is 0. The molecule has 0 amide bonds. The number of carbonyl (C=O) groups is 1. The molecular formula is C9H12BrN3O4S. The number of hydrogen-bond acceptors (Lipinski definition) is 6. The van der Waals surface area contributed by atoms with Crippen LogP contribution in [0, 0.1) is 0 Å². The third kappa shape index (κ3) is 5.41. The normalized spacial score (nSPS) is 11.0. The zero-order valence-corrected chi connectivity index (χ0v) is 12.0. The predicted molar refractivity (Wildman–Crippen MR) is 68.4 cm³/mol. The maximum atomic E-state index is 11.6. The van der Waals surface area contributed by atoms with Crippen molar-refractivity contribution in [1.29, 1.82) is 0 Å². The summed E-state index contributed by atoms with van der Waals surface area (Å²) in [4.78, 5) is 18.5. The number of methoxy groups -OCH3 is 1. The number of hydrogen-bond donors (Lipinski definition) is 1. The lowest BCUT2D eigenvalue weighted by molar-refractivity contribution is -0.140. The first-order valence-corrected chi connectivity index (χ1v) is 7.42. The maximum absolute atomic E-state index is 11.6. The molecule has 0 aromatic carbocycles. The number of carbonyl (C=O) groups excluding carboxylic acids is 1. The van der Waals surface area contributed by atoms with Crippen LogP contribution >= 0.6 is 15.9 Å². The van der Waals surface area contributed by atoms with Crippen molar-refractivity contribution in [3.8, 4) is 0 Å². The number of nitrogens with one attached hydrogen (secondary N) is 1. The fourth-order valence-corrected chi connectivity index (χ4v) is 2.34. The molecule has 0 aliphatic carbocycles. The van der Waals surface area contributed by atoms with Gasteiger partial charge in [0.05, 0.1) is 25.3 Å². The van der Waals surface area contributed by atoms with Gasteiger partial charge in [0.2, 0.25) is 10.0 Å². The number of rotatable bonds is 6. The van der Waals surface area contributed by atoms with Gasteiger partial charge >= 0.3 is 5.97 Å². The lowest BCUT2D eigenvalue weighted by Crippen LogP contribution is -2.18. The van der Waals surface area contributed by atoms with Gasteiger partial charge in [-0.15, -0.1) is 0 Å². The van der Waals surface area contributed by atoms with Crippen LogP contribution in [0.5, 0.6) is 0 Å². The second kappa shape index (κ2) is 6.64. The quantitative estimate of drug-likeness (QED) is 0.775. The lowest BCUT2D eigenvalue weighted by Gasteiger charge is -2.06. The molecule has 100 valence electrons. The molecular weight excluding hydrogens is 326 g/mol. The molecule has 1 N–H and O–H groups in total. The number of esters is 1. The van der Waals surface area contributed by atoms with Crippen molar-refractivity contribution in [3.05, 3.63) is 17.0 Å². The summed E-state index contributed by atoms with van der Waals surface area (Å²) in [5.74, 6) is -0.482.